The van der Waals surface area contributed by atoms with Crippen LogP contribution in [0.2, 0.25) is 5.02 Å². The van der Waals surface area contributed by atoms with Crippen LogP contribution in [0.3, 0.4) is 0 Å². The fourth-order valence-electron chi connectivity index (χ4n) is 1.19. The highest BCUT2D eigenvalue weighted by atomic mass is 35.5. The van der Waals surface area contributed by atoms with E-state index in [9.17, 15) is 8.42 Å². The topological polar surface area (TPSA) is 83.1 Å². The van der Waals surface area contributed by atoms with E-state index in [4.69, 9.17) is 16.2 Å². The van der Waals surface area contributed by atoms with E-state index in [1.807, 2.05) is 0 Å². The van der Waals surface area contributed by atoms with Crippen molar-refractivity contribution in [1.29, 1.82) is 0 Å². The lowest BCUT2D eigenvalue weighted by atomic mass is 10.2. The second-order valence-electron chi connectivity index (χ2n) is 2.68. The average molecular weight is 233 g/mol. The van der Waals surface area contributed by atoms with Gasteiger partial charge >= 0.3 is 0 Å². The Hall–Kier alpha value is -1.11. The van der Waals surface area contributed by atoms with E-state index in [2.05, 4.69) is 10.2 Å². The van der Waals surface area contributed by atoms with Gasteiger partial charge in [-0.3, -0.25) is 9.65 Å². The lowest BCUT2D eigenvalue weighted by Gasteiger charge is -1.99. The molecule has 0 aliphatic carbocycles. The SMILES string of the molecule is O=S(=O)(O)c1ccc(Cl)c2cn[nH]c12. The first kappa shape index (κ1) is 9.45. The first-order valence-corrected chi connectivity index (χ1v) is 5.41. The molecule has 0 saturated heterocycles. The zero-order chi connectivity index (χ0) is 10.3. The molecule has 5 nitrogen and oxygen atoms in total. The Labute approximate surface area is 84.4 Å². The molecule has 1 aromatic heterocycles. The molecule has 0 fully saturated rings. The van der Waals surface area contributed by atoms with E-state index >= 15 is 0 Å². The summed E-state index contributed by atoms with van der Waals surface area (Å²) in [4.78, 5) is -0.227. The molecule has 0 aliphatic rings. The van der Waals surface area contributed by atoms with Gasteiger partial charge in [0, 0.05) is 5.39 Å². The smallest absolute Gasteiger partial charge is 0.282 e. The second kappa shape index (κ2) is 2.94. The lowest BCUT2D eigenvalue weighted by molar-refractivity contribution is 0.484. The molecule has 0 unspecified atom stereocenters. The molecule has 1 aromatic carbocycles. The van der Waals surface area contributed by atoms with Crippen LogP contribution in [0.5, 0.6) is 0 Å². The Morgan fingerprint density at radius 2 is 2.14 bits per heavy atom. The van der Waals surface area contributed by atoms with Gasteiger partial charge in [-0.25, -0.2) is 0 Å². The van der Waals surface area contributed by atoms with Gasteiger partial charge < -0.3 is 0 Å². The summed E-state index contributed by atoms with van der Waals surface area (Å²) in [6.07, 6.45) is 1.40. The average Bonchev–Trinajstić information content (AvgIpc) is 2.50. The van der Waals surface area contributed by atoms with Gasteiger partial charge in [-0.1, -0.05) is 11.6 Å². The van der Waals surface area contributed by atoms with Crippen LogP contribution in [0.25, 0.3) is 10.9 Å². The van der Waals surface area contributed by atoms with Crippen LogP contribution >= 0.6 is 11.6 Å². The molecule has 14 heavy (non-hydrogen) atoms. The van der Waals surface area contributed by atoms with Gasteiger partial charge in [-0.15, -0.1) is 0 Å². The standard InChI is InChI=1S/C7H5ClN2O3S/c8-5-1-2-6(14(11,12)13)7-4(5)3-9-10-7/h1-3H,(H,9,10)(H,11,12,13). The van der Waals surface area contributed by atoms with Crippen molar-refractivity contribution < 1.29 is 13.0 Å². The Kier molecular flexibility index (Phi) is 1.99. The molecule has 7 heteroatoms. The molecular weight excluding hydrogens is 228 g/mol. The summed E-state index contributed by atoms with van der Waals surface area (Å²) in [6, 6.07) is 2.61. The fraction of sp³-hybridized carbons (Fsp3) is 0. The monoisotopic (exact) mass is 232 g/mol. The summed E-state index contributed by atoms with van der Waals surface area (Å²) < 4.78 is 30.7. The Morgan fingerprint density at radius 3 is 2.79 bits per heavy atom. The molecule has 0 bridgehead atoms. The van der Waals surface area contributed by atoms with Crippen molar-refractivity contribution >= 4 is 32.6 Å². The third-order valence-electron chi connectivity index (χ3n) is 1.80. The van der Waals surface area contributed by atoms with Gasteiger partial charge in [0.25, 0.3) is 10.1 Å². The maximum Gasteiger partial charge on any atom is 0.296 e. The highest BCUT2D eigenvalue weighted by Gasteiger charge is 2.16. The van der Waals surface area contributed by atoms with Gasteiger partial charge in [-0.05, 0) is 12.1 Å². The number of hydrogen-bond donors (Lipinski definition) is 2. The second-order valence-corrected chi connectivity index (χ2v) is 4.48. The van der Waals surface area contributed by atoms with E-state index in [-0.39, 0.29) is 10.4 Å². The number of aromatic nitrogens is 2. The highest BCUT2D eigenvalue weighted by Crippen LogP contribution is 2.26. The van der Waals surface area contributed by atoms with Crippen LogP contribution in [0.15, 0.2) is 23.2 Å². The summed E-state index contributed by atoms with van der Waals surface area (Å²) >= 11 is 5.78. The summed E-state index contributed by atoms with van der Waals surface area (Å²) in [5.41, 5.74) is 0.208. The van der Waals surface area contributed by atoms with Crippen LogP contribution < -0.4 is 0 Å². The van der Waals surface area contributed by atoms with E-state index < -0.39 is 10.1 Å². The fourth-order valence-corrected chi connectivity index (χ4v) is 2.05. The van der Waals surface area contributed by atoms with Gasteiger partial charge in [-0.2, -0.15) is 13.5 Å². The van der Waals surface area contributed by atoms with E-state index in [1.54, 1.807) is 0 Å². The molecule has 0 aliphatic heterocycles. The van der Waals surface area contributed by atoms with Crippen molar-refractivity contribution in [2.75, 3.05) is 0 Å². The van der Waals surface area contributed by atoms with Crippen molar-refractivity contribution in [2.45, 2.75) is 4.90 Å². The minimum atomic E-state index is -4.25. The molecule has 0 radical (unpaired) electrons. The van der Waals surface area contributed by atoms with Crippen molar-refractivity contribution in [3.8, 4) is 0 Å². The number of fused-ring (bicyclic) bond motifs is 1. The number of rotatable bonds is 1. The number of halogens is 1. The van der Waals surface area contributed by atoms with Crippen LogP contribution in [0, 0.1) is 0 Å². The zero-order valence-corrected chi connectivity index (χ0v) is 8.30. The summed E-state index contributed by atoms with van der Waals surface area (Å²) in [5, 5.41) is 6.95. The molecule has 2 rings (SSSR count). The van der Waals surface area contributed by atoms with Gasteiger partial charge in [0.05, 0.1) is 16.7 Å². The van der Waals surface area contributed by atoms with E-state index in [0.29, 0.717) is 10.4 Å². The number of nitrogens with one attached hydrogen (secondary N) is 1. The molecule has 74 valence electrons. The van der Waals surface area contributed by atoms with Crippen molar-refractivity contribution in [2.24, 2.45) is 0 Å². The number of nitrogens with zero attached hydrogens (tertiary/aromatic N) is 1. The number of aromatic amines is 1. The van der Waals surface area contributed by atoms with Gasteiger partial charge in [0.2, 0.25) is 0 Å². The molecule has 1 heterocycles. The molecule has 0 amide bonds. The molecule has 2 N–H and O–H groups in total. The third-order valence-corrected chi connectivity index (χ3v) is 3.03. The maximum absolute atomic E-state index is 10.9. The zero-order valence-electron chi connectivity index (χ0n) is 6.73. The molecular formula is C7H5ClN2O3S. The van der Waals surface area contributed by atoms with E-state index in [0.717, 1.165) is 0 Å². The lowest BCUT2D eigenvalue weighted by Crippen LogP contribution is -1.98. The quantitative estimate of drug-likeness (QED) is 0.730. The predicted octanol–water partition coefficient (Wildman–Crippen LogP) is 1.46. The molecule has 0 atom stereocenters. The third kappa shape index (κ3) is 1.37. The summed E-state index contributed by atoms with van der Waals surface area (Å²) in [6.45, 7) is 0. The van der Waals surface area contributed by atoms with Crippen LogP contribution in [-0.4, -0.2) is 23.2 Å². The molecule has 0 saturated carbocycles. The highest BCUT2D eigenvalue weighted by molar-refractivity contribution is 7.86. The largest absolute Gasteiger partial charge is 0.296 e. The maximum atomic E-state index is 10.9. The number of benzene rings is 1. The van der Waals surface area contributed by atoms with Gasteiger partial charge in [0.1, 0.15) is 4.90 Å². The minimum absolute atomic E-state index is 0.208. The number of H-pyrrole nitrogens is 1. The van der Waals surface area contributed by atoms with Crippen molar-refractivity contribution in [1.82, 2.24) is 10.2 Å². The van der Waals surface area contributed by atoms with Gasteiger partial charge in [0.15, 0.2) is 0 Å². The first-order chi connectivity index (χ1) is 6.50. The summed E-state index contributed by atoms with van der Waals surface area (Å²) in [5.74, 6) is 0. The van der Waals surface area contributed by atoms with Crippen LogP contribution in [0.1, 0.15) is 0 Å². The van der Waals surface area contributed by atoms with E-state index in [1.165, 1.54) is 18.3 Å². The molecule has 2 aromatic rings. The van der Waals surface area contributed by atoms with Crippen molar-refractivity contribution in [3.63, 3.8) is 0 Å². The normalized spacial score (nSPS) is 12.1. The number of hydrogen-bond acceptors (Lipinski definition) is 3. The Bertz CT molecular complexity index is 590. The first-order valence-electron chi connectivity index (χ1n) is 3.59. The minimum Gasteiger partial charge on any atom is -0.282 e. The van der Waals surface area contributed by atoms with Crippen LogP contribution in [-0.2, 0) is 10.1 Å². The predicted molar refractivity (Wildman–Crippen MR) is 50.9 cm³/mol. The molecule has 0 spiro atoms. The Balaban J connectivity index is 2.93. The Morgan fingerprint density at radius 1 is 1.43 bits per heavy atom. The van der Waals surface area contributed by atoms with Crippen molar-refractivity contribution in [3.05, 3.63) is 23.4 Å². The summed E-state index contributed by atoms with van der Waals surface area (Å²) in [7, 11) is -4.25. The van der Waals surface area contributed by atoms with Crippen LogP contribution in [0.4, 0.5) is 0 Å².